The van der Waals surface area contributed by atoms with E-state index in [9.17, 15) is 4.79 Å². The van der Waals surface area contributed by atoms with Gasteiger partial charge in [0.25, 0.3) is 0 Å². The molecule has 0 aliphatic rings. The number of unbranched alkanes of at least 4 members (excludes halogenated alkanes) is 4. The minimum absolute atomic E-state index is 0.172. The van der Waals surface area contributed by atoms with E-state index in [0.29, 0.717) is 5.56 Å². The molecule has 1 atom stereocenters. The summed E-state index contributed by atoms with van der Waals surface area (Å²) in [6.45, 7) is 5.95. The van der Waals surface area contributed by atoms with Crippen LogP contribution in [0.15, 0.2) is 43.0 Å². The van der Waals surface area contributed by atoms with Crippen molar-refractivity contribution in [1.29, 1.82) is 0 Å². The molecule has 0 saturated carbocycles. The zero-order valence-corrected chi connectivity index (χ0v) is 11.8. The summed E-state index contributed by atoms with van der Waals surface area (Å²) >= 11 is 0. The Labute approximate surface area is 116 Å². The molecule has 0 aromatic heterocycles. The maximum atomic E-state index is 11.9. The molecule has 0 fully saturated rings. The Kier molecular flexibility index (Phi) is 7.64. The minimum Gasteiger partial charge on any atom is -0.455 e. The first kappa shape index (κ1) is 15.5. The van der Waals surface area contributed by atoms with E-state index in [1.54, 1.807) is 18.2 Å². The highest BCUT2D eigenvalue weighted by Gasteiger charge is 2.12. The predicted octanol–water partition coefficient (Wildman–Crippen LogP) is 4.76. The first-order chi connectivity index (χ1) is 9.27. The second-order valence-electron chi connectivity index (χ2n) is 4.75. The van der Waals surface area contributed by atoms with Crippen molar-refractivity contribution < 1.29 is 9.53 Å². The van der Waals surface area contributed by atoms with E-state index in [-0.39, 0.29) is 12.1 Å². The van der Waals surface area contributed by atoms with Crippen LogP contribution in [0.3, 0.4) is 0 Å². The van der Waals surface area contributed by atoms with Gasteiger partial charge in [0.15, 0.2) is 0 Å². The van der Waals surface area contributed by atoms with Crippen LogP contribution in [0, 0.1) is 0 Å². The first-order valence-electron chi connectivity index (χ1n) is 7.16. The minimum atomic E-state index is -0.265. The molecule has 0 radical (unpaired) electrons. The number of rotatable bonds is 9. The van der Waals surface area contributed by atoms with Gasteiger partial charge in [0.05, 0.1) is 5.56 Å². The molecule has 0 amide bonds. The molecule has 0 aliphatic heterocycles. The average Bonchev–Trinajstić information content (AvgIpc) is 2.46. The Balaban J connectivity index is 2.32. The summed E-state index contributed by atoms with van der Waals surface area (Å²) in [6, 6.07) is 9.09. The quantitative estimate of drug-likeness (QED) is 0.363. The number of carbonyl (C=O) groups is 1. The molecule has 2 nitrogen and oxygen atoms in total. The summed E-state index contributed by atoms with van der Waals surface area (Å²) in [5, 5.41) is 0. The van der Waals surface area contributed by atoms with Crippen molar-refractivity contribution in [3.05, 3.63) is 48.6 Å². The number of hydrogen-bond donors (Lipinski definition) is 0. The summed E-state index contributed by atoms with van der Waals surface area (Å²) in [4.78, 5) is 11.9. The molecule has 0 heterocycles. The molecule has 1 rings (SSSR count). The molecule has 1 aromatic carbocycles. The molecular weight excluding hydrogens is 236 g/mol. The van der Waals surface area contributed by atoms with Crippen molar-refractivity contribution >= 4 is 5.97 Å². The largest absolute Gasteiger partial charge is 0.455 e. The average molecular weight is 260 g/mol. The van der Waals surface area contributed by atoms with Crippen LogP contribution >= 0.6 is 0 Å². The second kappa shape index (κ2) is 9.37. The van der Waals surface area contributed by atoms with Crippen molar-refractivity contribution in [3.8, 4) is 0 Å². The lowest BCUT2D eigenvalue weighted by molar-refractivity contribution is 0.0376. The molecule has 104 valence electrons. The van der Waals surface area contributed by atoms with Gasteiger partial charge in [-0.2, -0.15) is 0 Å². The third-order valence-electron chi connectivity index (χ3n) is 3.12. The lowest BCUT2D eigenvalue weighted by atomic mass is 10.1. The van der Waals surface area contributed by atoms with Gasteiger partial charge in [-0.25, -0.2) is 4.79 Å². The van der Waals surface area contributed by atoms with Gasteiger partial charge in [-0.1, -0.05) is 63.5 Å². The van der Waals surface area contributed by atoms with Crippen molar-refractivity contribution in [1.82, 2.24) is 0 Å². The molecule has 0 aliphatic carbocycles. The van der Waals surface area contributed by atoms with E-state index in [0.717, 1.165) is 12.8 Å². The van der Waals surface area contributed by atoms with Crippen molar-refractivity contribution in [2.75, 3.05) is 0 Å². The topological polar surface area (TPSA) is 26.3 Å². The highest BCUT2D eigenvalue weighted by molar-refractivity contribution is 5.89. The summed E-state index contributed by atoms with van der Waals surface area (Å²) in [7, 11) is 0. The lowest BCUT2D eigenvalue weighted by Crippen LogP contribution is -2.16. The van der Waals surface area contributed by atoms with E-state index in [4.69, 9.17) is 4.74 Å². The van der Waals surface area contributed by atoms with Gasteiger partial charge in [0.2, 0.25) is 0 Å². The Morgan fingerprint density at radius 1 is 1.21 bits per heavy atom. The number of benzene rings is 1. The van der Waals surface area contributed by atoms with E-state index in [1.165, 1.54) is 25.7 Å². The van der Waals surface area contributed by atoms with Crippen LogP contribution in [0.5, 0.6) is 0 Å². The van der Waals surface area contributed by atoms with Crippen LogP contribution in [0.2, 0.25) is 0 Å². The maximum absolute atomic E-state index is 11.9. The van der Waals surface area contributed by atoms with Crippen LogP contribution < -0.4 is 0 Å². The SMILES string of the molecule is C=CC(CCCCCCC)OC(=O)c1ccccc1. The van der Waals surface area contributed by atoms with Crippen LogP contribution in [0.4, 0.5) is 0 Å². The highest BCUT2D eigenvalue weighted by atomic mass is 16.5. The Morgan fingerprint density at radius 3 is 2.53 bits per heavy atom. The monoisotopic (exact) mass is 260 g/mol. The van der Waals surface area contributed by atoms with Crippen LogP contribution in [-0.2, 0) is 4.74 Å². The maximum Gasteiger partial charge on any atom is 0.338 e. The van der Waals surface area contributed by atoms with Gasteiger partial charge in [-0.05, 0) is 25.0 Å². The molecule has 0 saturated heterocycles. The molecular formula is C17H24O2. The zero-order valence-electron chi connectivity index (χ0n) is 11.8. The Morgan fingerprint density at radius 2 is 1.89 bits per heavy atom. The van der Waals surface area contributed by atoms with Gasteiger partial charge in [-0.15, -0.1) is 0 Å². The van der Waals surface area contributed by atoms with Crippen LogP contribution in [-0.4, -0.2) is 12.1 Å². The zero-order chi connectivity index (χ0) is 13.9. The number of ether oxygens (including phenoxy) is 1. The molecule has 0 bridgehead atoms. The number of esters is 1. The van der Waals surface area contributed by atoms with Crippen molar-refractivity contribution in [2.45, 2.75) is 51.6 Å². The smallest absolute Gasteiger partial charge is 0.338 e. The molecule has 0 N–H and O–H groups in total. The van der Waals surface area contributed by atoms with E-state index >= 15 is 0 Å². The van der Waals surface area contributed by atoms with Gasteiger partial charge >= 0.3 is 5.97 Å². The summed E-state index contributed by atoms with van der Waals surface area (Å²) < 4.78 is 5.44. The lowest BCUT2D eigenvalue weighted by Gasteiger charge is -2.14. The van der Waals surface area contributed by atoms with E-state index in [2.05, 4.69) is 13.5 Å². The highest BCUT2D eigenvalue weighted by Crippen LogP contribution is 2.12. The van der Waals surface area contributed by atoms with Crippen molar-refractivity contribution in [2.24, 2.45) is 0 Å². The van der Waals surface area contributed by atoms with E-state index in [1.807, 2.05) is 18.2 Å². The second-order valence-corrected chi connectivity index (χ2v) is 4.75. The Hall–Kier alpha value is -1.57. The summed E-state index contributed by atoms with van der Waals surface area (Å²) in [5.41, 5.74) is 0.598. The number of carbonyl (C=O) groups excluding carboxylic acids is 1. The van der Waals surface area contributed by atoms with Crippen LogP contribution in [0.1, 0.15) is 55.8 Å². The van der Waals surface area contributed by atoms with Gasteiger partial charge < -0.3 is 4.74 Å². The van der Waals surface area contributed by atoms with Gasteiger partial charge in [0, 0.05) is 0 Å². The van der Waals surface area contributed by atoms with E-state index < -0.39 is 0 Å². The Bertz CT molecular complexity index is 370. The predicted molar refractivity (Wildman–Crippen MR) is 79.2 cm³/mol. The third-order valence-corrected chi connectivity index (χ3v) is 3.12. The third kappa shape index (κ3) is 6.23. The van der Waals surface area contributed by atoms with Crippen LogP contribution in [0.25, 0.3) is 0 Å². The molecule has 1 aromatic rings. The van der Waals surface area contributed by atoms with Crippen molar-refractivity contribution in [3.63, 3.8) is 0 Å². The fraction of sp³-hybridized carbons (Fsp3) is 0.471. The first-order valence-corrected chi connectivity index (χ1v) is 7.16. The van der Waals surface area contributed by atoms with Gasteiger partial charge in [-0.3, -0.25) is 0 Å². The molecule has 2 heteroatoms. The number of hydrogen-bond acceptors (Lipinski definition) is 2. The molecule has 0 spiro atoms. The normalized spacial score (nSPS) is 11.8. The standard InChI is InChI=1S/C17H24O2/c1-3-5-6-7-11-14-16(4-2)19-17(18)15-12-9-8-10-13-15/h4,8-10,12-13,16H,2-3,5-7,11,14H2,1H3. The van der Waals surface area contributed by atoms with Gasteiger partial charge in [0.1, 0.15) is 6.10 Å². The fourth-order valence-electron chi connectivity index (χ4n) is 1.95. The molecule has 1 unspecified atom stereocenters. The summed E-state index contributed by atoms with van der Waals surface area (Å²) in [5.74, 6) is -0.265. The fourth-order valence-corrected chi connectivity index (χ4v) is 1.95. The molecule has 19 heavy (non-hydrogen) atoms. The summed E-state index contributed by atoms with van der Waals surface area (Å²) in [6.07, 6.45) is 8.48.